The van der Waals surface area contributed by atoms with Gasteiger partial charge in [0, 0.05) is 4.47 Å². The maximum atomic E-state index is 12.1. The monoisotopic (exact) mass is 366 g/mol. The largest absolute Gasteiger partial charge is 0.273 e. The minimum atomic E-state index is -0.130. The number of halogens is 1. The highest BCUT2D eigenvalue weighted by Gasteiger charge is 2.05. The molecule has 23 heavy (non-hydrogen) atoms. The van der Waals surface area contributed by atoms with Crippen LogP contribution in [0.1, 0.15) is 11.1 Å². The van der Waals surface area contributed by atoms with Crippen molar-refractivity contribution in [3.63, 3.8) is 0 Å². The first kappa shape index (κ1) is 15.4. The van der Waals surface area contributed by atoms with Crippen LogP contribution in [0.3, 0.4) is 0 Å². The fraction of sp³-hybridized carbons (Fsp3) is 0.0526. The summed E-state index contributed by atoms with van der Waals surface area (Å²) in [5.74, 6) is -0.130. The molecule has 0 radical (unpaired) electrons. The van der Waals surface area contributed by atoms with Crippen molar-refractivity contribution in [1.29, 1.82) is 0 Å². The Morgan fingerprint density at radius 3 is 2.57 bits per heavy atom. The molecule has 3 aromatic rings. The van der Waals surface area contributed by atoms with E-state index in [9.17, 15) is 4.79 Å². The Bertz CT molecular complexity index is 851. The first-order valence-corrected chi connectivity index (χ1v) is 8.06. The highest BCUT2D eigenvalue weighted by atomic mass is 79.9. The zero-order valence-electron chi connectivity index (χ0n) is 12.4. The van der Waals surface area contributed by atoms with Gasteiger partial charge in [-0.2, -0.15) is 5.10 Å². The van der Waals surface area contributed by atoms with Crippen molar-refractivity contribution in [2.24, 2.45) is 5.10 Å². The fourth-order valence-electron chi connectivity index (χ4n) is 2.39. The van der Waals surface area contributed by atoms with E-state index < -0.39 is 0 Å². The number of hydrogen-bond acceptors (Lipinski definition) is 2. The van der Waals surface area contributed by atoms with Crippen LogP contribution in [0.25, 0.3) is 10.8 Å². The molecule has 0 unspecified atom stereocenters. The Morgan fingerprint density at radius 2 is 1.74 bits per heavy atom. The molecular weight excluding hydrogens is 352 g/mol. The van der Waals surface area contributed by atoms with Crippen molar-refractivity contribution in [1.82, 2.24) is 5.43 Å². The van der Waals surface area contributed by atoms with Gasteiger partial charge in [0.05, 0.1) is 12.6 Å². The van der Waals surface area contributed by atoms with Crippen molar-refractivity contribution in [3.8, 4) is 0 Å². The van der Waals surface area contributed by atoms with E-state index in [-0.39, 0.29) is 5.91 Å². The second-order valence-corrected chi connectivity index (χ2v) is 6.08. The average Bonchev–Trinajstić information content (AvgIpc) is 2.57. The van der Waals surface area contributed by atoms with Gasteiger partial charge in [-0.1, -0.05) is 70.5 Å². The summed E-state index contributed by atoms with van der Waals surface area (Å²) < 4.78 is 1.01. The number of hydrogen-bond donors (Lipinski definition) is 1. The molecule has 114 valence electrons. The van der Waals surface area contributed by atoms with E-state index in [4.69, 9.17) is 0 Å². The minimum absolute atomic E-state index is 0.130. The molecule has 3 aromatic carbocycles. The third-order valence-electron chi connectivity index (χ3n) is 3.50. The molecule has 0 atom stereocenters. The Kier molecular flexibility index (Phi) is 4.83. The number of nitrogens with one attached hydrogen (secondary N) is 1. The summed E-state index contributed by atoms with van der Waals surface area (Å²) in [5.41, 5.74) is 4.51. The smallest absolute Gasteiger partial charge is 0.244 e. The molecule has 0 saturated heterocycles. The Balaban J connectivity index is 1.66. The molecule has 0 aliphatic heterocycles. The number of benzene rings is 3. The topological polar surface area (TPSA) is 41.5 Å². The molecule has 0 heterocycles. The second-order valence-electron chi connectivity index (χ2n) is 5.16. The summed E-state index contributed by atoms with van der Waals surface area (Å²) in [5, 5.41) is 6.24. The van der Waals surface area contributed by atoms with E-state index in [1.54, 1.807) is 6.21 Å². The summed E-state index contributed by atoms with van der Waals surface area (Å²) in [6.07, 6.45) is 1.94. The van der Waals surface area contributed by atoms with Crippen LogP contribution in [0.15, 0.2) is 76.3 Å². The van der Waals surface area contributed by atoms with Gasteiger partial charge >= 0.3 is 0 Å². The van der Waals surface area contributed by atoms with Gasteiger partial charge in [-0.15, -0.1) is 0 Å². The molecule has 4 heteroatoms. The number of carbonyl (C=O) groups is 1. The number of rotatable bonds is 4. The van der Waals surface area contributed by atoms with Gasteiger partial charge in [0.2, 0.25) is 5.91 Å². The maximum Gasteiger partial charge on any atom is 0.244 e. The van der Waals surface area contributed by atoms with E-state index >= 15 is 0 Å². The normalized spacial score (nSPS) is 11.0. The lowest BCUT2D eigenvalue weighted by Crippen LogP contribution is -2.19. The van der Waals surface area contributed by atoms with E-state index in [0.29, 0.717) is 6.42 Å². The molecule has 3 rings (SSSR count). The molecule has 0 bridgehead atoms. The van der Waals surface area contributed by atoms with Gasteiger partial charge in [0.15, 0.2) is 0 Å². The van der Waals surface area contributed by atoms with Crippen LogP contribution in [0.4, 0.5) is 0 Å². The quantitative estimate of drug-likeness (QED) is 0.542. The van der Waals surface area contributed by atoms with Gasteiger partial charge in [0.25, 0.3) is 0 Å². The second kappa shape index (κ2) is 7.20. The van der Waals surface area contributed by atoms with E-state index in [2.05, 4.69) is 26.5 Å². The van der Waals surface area contributed by atoms with Gasteiger partial charge < -0.3 is 0 Å². The molecular formula is C19H15BrN2O. The third kappa shape index (κ3) is 4.05. The third-order valence-corrected chi connectivity index (χ3v) is 4.03. The van der Waals surface area contributed by atoms with Gasteiger partial charge in [-0.3, -0.25) is 4.79 Å². The molecule has 0 aliphatic rings. The van der Waals surface area contributed by atoms with Gasteiger partial charge in [0.1, 0.15) is 0 Å². The minimum Gasteiger partial charge on any atom is -0.273 e. The average molecular weight is 367 g/mol. The number of fused-ring (bicyclic) bond motifs is 1. The zero-order valence-corrected chi connectivity index (χ0v) is 14.0. The summed E-state index contributed by atoms with van der Waals surface area (Å²) in [6, 6.07) is 21.7. The molecule has 0 saturated carbocycles. The molecule has 1 N–H and O–H groups in total. The lowest BCUT2D eigenvalue weighted by Gasteiger charge is -2.05. The first-order valence-electron chi connectivity index (χ1n) is 7.26. The number of amides is 1. The van der Waals surface area contributed by atoms with E-state index in [0.717, 1.165) is 26.4 Å². The predicted octanol–water partition coefficient (Wildman–Crippen LogP) is 4.30. The molecule has 1 amide bonds. The van der Waals surface area contributed by atoms with Crippen molar-refractivity contribution in [2.75, 3.05) is 0 Å². The summed E-state index contributed by atoms with van der Waals surface area (Å²) in [6.45, 7) is 0. The van der Waals surface area contributed by atoms with Crippen molar-refractivity contribution in [3.05, 3.63) is 82.3 Å². The highest BCUT2D eigenvalue weighted by Crippen LogP contribution is 2.18. The number of nitrogens with zero attached hydrogens (tertiary/aromatic N) is 1. The van der Waals surface area contributed by atoms with Crippen molar-refractivity contribution >= 4 is 38.8 Å². The fourth-order valence-corrected chi connectivity index (χ4v) is 2.65. The van der Waals surface area contributed by atoms with Crippen LogP contribution >= 0.6 is 15.9 Å². The molecule has 0 fully saturated rings. The van der Waals surface area contributed by atoms with Gasteiger partial charge in [-0.25, -0.2) is 5.43 Å². The Labute approximate surface area is 143 Å². The van der Waals surface area contributed by atoms with Crippen LogP contribution < -0.4 is 5.43 Å². The van der Waals surface area contributed by atoms with Crippen molar-refractivity contribution < 1.29 is 4.79 Å². The summed E-state index contributed by atoms with van der Waals surface area (Å²) in [4.78, 5) is 12.1. The predicted molar refractivity (Wildman–Crippen MR) is 97.5 cm³/mol. The van der Waals surface area contributed by atoms with E-state index in [1.165, 1.54) is 0 Å². The Hall–Kier alpha value is -2.46. The zero-order chi connectivity index (χ0) is 16.1. The van der Waals surface area contributed by atoms with Crippen LogP contribution in [-0.4, -0.2) is 12.1 Å². The highest BCUT2D eigenvalue weighted by molar-refractivity contribution is 9.10. The van der Waals surface area contributed by atoms with Crippen LogP contribution in [0, 0.1) is 0 Å². The molecule has 3 nitrogen and oxygen atoms in total. The van der Waals surface area contributed by atoms with Crippen LogP contribution in [0.5, 0.6) is 0 Å². The lowest BCUT2D eigenvalue weighted by atomic mass is 10.0. The number of carbonyl (C=O) groups excluding carboxylic acids is 1. The standard InChI is InChI=1S/C19H15BrN2O/c20-17-10-8-14(9-11-17)13-21-22-19(23)12-16-6-3-5-15-4-1-2-7-18(15)16/h1-11,13H,12H2,(H,22,23). The molecule has 0 aliphatic carbocycles. The van der Waals surface area contributed by atoms with Crippen LogP contribution in [0.2, 0.25) is 0 Å². The SMILES string of the molecule is O=C(Cc1cccc2ccccc12)NN=Cc1ccc(Br)cc1. The summed E-state index contributed by atoms with van der Waals surface area (Å²) >= 11 is 3.38. The maximum absolute atomic E-state index is 12.1. The summed E-state index contributed by atoms with van der Waals surface area (Å²) in [7, 11) is 0. The van der Waals surface area contributed by atoms with Gasteiger partial charge in [-0.05, 0) is 34.0 Å². The Morgan fingerprint density at radius 1 is 1.00 bits per heavy atom. The van der Waals surface area contributed by atoms with Crippen molar-refractivity contribution in [2.45, 2.75) is 6.42 Å². The molecule has 0 aromatic heterocycles. The number of hydrazone groups is 1. The molecule has 0 spiro atoms. The first-order chi connectivity index (χ1) is 11.2. The van der Waals surface area contributed by atoms with Crippen LogP contribution in [-0.2, 0) is 11.2 Å². The van der Waals surface area contributed by atoms with E-state index in [1.807, 2.05) is 66.7 Å². The lowest BCUT2D eigenvalue weighted by molar-refractivity contribution is -0.120.